The molecule has 3 atom stereocenters. The van der Waals surface area contributed by atoms with Gasteiger partial charge in [0.1, 0.15) is 0 Å². The zero-order valence-electron chi connectivity index (χ0n) is 13.2. The third-order valence-corrected chi connectivity index (χ3v) is 4.90. The number of amides is 1. The molecule has 118 valence electrons. The molecule has 0 aromatic heterocycles. The number of hydrogen-bond donors (Lipinski definition) is 1. The molecule has 2 bridgehead atoms. The standard InChI is InChI=1S/C18H23NO3/c1-21-16-7-4-12(11-17(16)22-2)5-8-18(20)19-15-10-13-3-6-14(15)9-13/h4-5,7-8,11,13-15H,3,6,9-10H2,1-2H3,(H,19,20). The zero-order chi connectivity index (χ0) is 15.5. The Bertz CT molecular complexity index is 582. The van der Waals surface area contributed by atoms with Crippen LogP contribution in [-0.4, -0.2) is 26.2 Å². The van der Waals surface area contributed by atoms with Crippen molar-refractivity contribution in [3.63, 3.8) is 0 Å². The second-order valence-corrected chi connectivity index (χ2v) is 6.24. The summed E-state index contributed by atoms with van der Waals surface area (Å²) in [5.74, 6) is 2.88. The average molecular weight is 301 g/mol. The molecule has 0 saturated heterocycles. The molecule has 1 N–H and O–H groups in total. The minimum Gasteiger partial charge on any atom is -0.493 e. The second kappa shape index (κ2) is 6.42. The Morgan fingerprint density at radius 2 is 2.00 bits per heavy atom. The fourth-order valence-electron chi connectivity index (χ4n) is 3.78. The van der Waals surface area contributed by atoms with E-state index < -0.39 is 0 Å². The van der Waals surface area contributed by atoms with Gasteiger partial charge >= 0.3 is 0 Å². The molecule has 4 heteroatoms. The SMILES string of the molecule is COc1ccc(C=CC(=O)NC2CC3CCC2C3)cc1OC. The van der Waals surface area contributed by atoms with Crippen molar-refractivity contribution in [2.24, 2.45) is 11.8 Å². The Kier molecular flexibility index (Phi) is 4.36. The van der Waals surface area contributed by atoms with Crippen molar-refractivity contribution in [2.45, 2.75) is 31.7 Å². The Hall–Kier alpha value is -1.97. The number of ether oxygens (including phenoxy) is 2. The lowest BCUT2D eigenvalue weighted by molar-refractivity contribution is -0.117. The minimum absolute atomic E-state index is 0.00710. The molecule has 4 nitrogen and oxygen atoms in total. The summed E-state index contributed by atoms with van der Waals surface area (Å²) in [6, 6.07) is 5.98. The lowest BCUT2D eigenvalue weighted by Gasteiger charge is -2.22. The predicted molar refractivity (Wildman–Crippen MR) is 86.0 cm³/mol. The fourth-order valence-corrected chi connectivity index (χ4v) is 3.78. The van der Waals surface area contributed by atoms with Gasteiger partial charge in [-0.15, -0.1) is 0 Å². The molecule has 3 rings (SSSR count). The van der Waals surface area contributed by atoms with Gasteiger partial charge in [0, 0.05) is 12.1 Å². The highest BCUT2D eigenvalue weighted by Gasteiger charge is 2.39. The van der Waals surface area contributed by atoms with Gasteiger partial charge in [0.15, 0.2) is 11.5 Å². The number of methoxy groups -OCH3 is 2. The third kappa shape index (κ3) is 3.11. The average Bonchev–Trinajstić information content (AvgIpc) is 3.15. The molecule has 0 aliphatic heterocycles. The van der Waals surface area contributed by atoms with Crippen molar-refractivity contribution >= 4 is 12.0 Å². The van der Waals surface area contributed by atoms with Crippen LogP contribution in [0.5, 0.6) is 11.5 Å². The van der Waals surface area contributed by atoms with Gasteiger partial charge in [0.2, 0.25) is 5.91 Å². The summed E-state index contributed by atoms with van der Waals surface area (Å²) in [6.07, 6.45) is 8.48. The Balaban J connectivity index is 1.60. The van der Waals surface area contributed by atoms with Crippen LogP contribution in [0.4, 0.5) is 0 Å². The maximum absolute atomic E-state index is 12.1. The van der Waals surface area contributed by atoms with Gasteiger partial charge in [-0.05, 0) is 54.9 Å². The number of hydrogen-bond acceptors (Lipinski definition) is 3. The number of nitrogens with one attached hydrogen (secondary N) is 1. The maximum atomic E-state index is 12.1. The van der Waals surface area contributed by atoms with Crippen molar-refractivity contribution in [1.82, 2.24) is 5.32 Å². The number of rotatable bonds is 5. The molecule has 1 amide bonds. The molecule has 0 radical (unpaired) electrons. The molecule has 0 spiro atoms. The van der Waals surface area contributed by atoms with Gasteiger partial charge in [-0.2, -0.15) is 0 Å². The predicted octanol–water partition coefficient (Wildman–Crippen LogP) is 3.02. The second-order valence-electron chi connectivity index (χ2n) is 6.24. The summed E-state index contributed by atoms with van der Waals surface area (Å²) in [7, 11) is 3.21. The molecule has 3 unspecified atom stereocenters. The number of carbonyl (C=O) groups is 1. The van der Waals surface area contributed by atoms with E-state index >= 15 is 0 Å². The van der Waals surface area contributed by atoms with Crippen LogP contribution in [0.15, 0.2) is 24.3 Å². The molecular weight excluding hydrogens is 278 g/mol. The third-order valence-electron chi connectivity index (χ3n) is 4.90. The van der Waals surface area contributed by atoms with Gasteiger partial charge in [-0.3, -0.25) is 4.79 Å². The van der Waals surface area contributed by atoms with Crippen molar-refractivity contribution in [3.8, 4) is 11.5 Å². The molecule has 0 heterocycles. The van der Waals surface area contributed by atoms with Crippen molar-refractivity contribution in [3.05, 3.63) is 29.8 Å². The summed E-state index contributed by atoms with van der Waals surface area (Å²) < 4.78 is 10.5. The molecule has 1 aromatic carbocycles. The monoisotopic (exact) mass is 301 g/mol. The van der Waals surface area contributed by atoms with Crippen LogP contribution in [0.1, 0.15) is 31.2 Å². The molecule has 22 heavy (non-hydrogen) atoms. The lowest BCUT2D eigenvalue weighted by atomic mass is 9.95. The smallest absolute Gasteiger partial charge is 0.244 e. The van der Waals surface area contributed by atoms with Gasteiger partial charge < -0.3 is 14.8 Å². The maximum Gasteiger partial charge on any atom is 0.244 e. The molecule has 1 aromatic rings. The highest BCUT2D eigenvalue weighted by molar-refractivity contribution is 5.92. The summed E-state index contributed by atoms with van der Waals surface area (Å²) in [6.45, 7) is 0. The molecule has 2 aliphatic carbocycles. The van der Waals surface area contributed by atoms with E-state index in [4.69, 9.17) is 9.47 Å². The summed E-state index contributed by atoms with van der Waals surface area (Å²) in [4.78, 5) is 12.1. The lowest BCUT2D eigenvalue weighted by Crippen LogP contribution is -2.37. The first-order valence-corrected chi connectivity index (χ1v) is 7.90. The summed E-state index contributed by atoms with van der Waals surface area (Å²) in [5, 5.41) is 3.15. The fraction of sp³-hybridized carbons (Fsp3) is 0.500. The van der Waals surface area contributed by atoms with E-state index in [1.54, 1.807) is 20.3 Å². The van der Waals surface area contributed by atoms with Crippen LogP contribution in [0.25, 0.3) is 6.08 Å². The molecule has 2 saturated carbocycles. The Labute approximate surface area is 131 Å². The van der Waals surface area contributed by atoms with Crippen LogP contribution < -0.4 is 14.8 Å². The van der Waals surface area contributed by atoms with Gasteiger partial charge in [0.05, 0.1) is 14.2 Å². The van der Waals surface area contributed by atoms with E-state index in [1.165, 1.54) is 19.3 Å². The first-order valence-electron chi connectivity index (χ1n) is 7.90. The highest BCUT2D eigenvalue weighted by Crippen LogP contribution is 2.44. The minimum atomic E-state index is -0.00710. The van der Waals surface area contributed by atoms with E-state index in [0.717, 1.165) is 17.9 Å². The molecule has 2 fully saturated rings. The van der Waals surface area contributed by atoms with Crippen molar-refractivity contribution < 1.29 is 14.3 Å². The largest absolute Gasteiger partial charge is 0.493 e. The molecule has 2 aliphatic rings. The van der Waals surface area contributed by atoms with Crippen LogP contribution in [0, 0.1) is 11.8 Å². The topological polar surface area (TPSA) is 47.6 Å². The quantitative estimate of drug-likeness (QED) is 0.850. The van der Waals surface area contributed by atoms with Crippen LogP contribution in [0.2, 0.25) is 0 Å². The number of benzene rings is 1. The molecular formula is C18H23NO3. The van der Waals surface area contributed by atoms with E-state index in [-0.39, 0.29) is 5.91 Å². The van der Waals surface area contributed by atoms with Crippen molar-refractivity contribution in [1.29, 1.82) is 0 Å². The first-order chi connectivity index (χ1) is 10.7. The summed E-state index contributed by atoms with van der Waals surface area (Å²) >= 11 is 0. The normalized spacial score (nSPS) is 26.4. The van der Waals surface area contributed by atoms with Crippen LogP contribution in [-0.2, 0) is 4.79 Å². The number of carbonyl (C=O) groups excluding carboxylic acids is 1. The van der Waals surface area contributed by atoms with Gasteiger partial charge in [-0.1, -0.05) is 12.5 Å². The van der Waals surface area contributed by atoms with E-state index in [1.807, 2.05) is 24.3 Å². The van der Waals surface area contributed by atoms with E-state index in [0.29, 0.717) is 23.5 Å². The zero-order valence-corrected chi connectivity index (χ0v) is 13.2. The highest BCUT2D eigenvalue weighted by atomic mass is 16.5. The summed E-state index contributed by atoms with van der Waals surface area (Å²) in [5.41, 5.74) is 0.917. The Morgan fingerprint density at radius 1 is 1.18 bits per heavy atom. The van der Waals surface area contributed by atoms with E-state index in [2.05, 4.69) is 5.32 Å². The van der Waals surface area contributed by atoms with Crippen molar-refractivity contribution in [2.75, 3.05) is 14.2 Å². The Morgan fingerprint density at radius 3 is 2.64 bits per heavy atom. The van der Waals surface area contributed by atoms with Crippen LogP contribution in [0.3, 0.4) is 0 Å². The van der Waals surface area contributed by atoms with Crippen LogP contribution >= 0.6 is 0 Å². The van der Waals surface area contributed by atoms with Gasteiger partial charge in [0.25, 0.3) is 0 Å². The van der Waals surface area contributed by atoms with Gasteiger partial charge in [-0.25, -0.2) is 0 Å². The number of fused-ring (bicyclic) bond motifs is 2. The van der Waals surface area contributed by atoms with E-state index in [9.17, 15) is 4.79 Å². The first kappa shape index (κ1) is 14.9.